The van der Waals surface area contributed by atoms with Gasteiger partial charge in [-0.05, 0) is 189 Å². The van der Waals surface area contributed by atoms with Crippen LogP contribution in [-0.4, -0.2) is 9.55 Å². The summed E-state index contributed by atoms with van der Waals surface area (Å²) in [5.74, 6) is 0. The lowest BCUT2D eigenvalue weighted by molar-refractivity contribution is 0.789. The van der Waals surface area contributed by atoms with Gasteiger partial charge in [0, 0.05) is 42.6 Å². The summed E-state index contributed by atoms with van der Waals surface area (Å²) in [4.78, 5) is 3.54. The Balaban J connectivity index is 0.000000113. The maximum atomic E-state index is 3.89. The third-order valence-corrected chi connectivity index (χ3v) is 22.7. The minimum Gasteiger partial charge on any atom is -0.355 e. The molecular weight excluding hydrogens is 1280 g/mol. The van der Waals surface area contributed by atoms with Crippen LogP contribution in [0.2, 0.25) is 0 Å². The summed E-state index contributed by atoms with van der Waals surface area (Å²) in [6, 6.07) is 137. The molecule has 0 unspecified atom stereocenters. The van der Waals surface area contributed by atoms with E-state index < -0.39 is 0 Å². The molecule has 2 heterocycles. The number of benzene rings is 16. The summed E-state index contributed by atoms with van der Waals surface area (Å²) in [5.41, 5.74) is 36.9. The van der Waals surface area contributed by atoms with Crippen LogP contribution in [-0.2, 0) is 10.8 Å². The average Bonchev–Trinajstić information content (AvgIpc) is 1.51. The lowest BCUT2D eigenvalue weighted by Gasteiger charge is -2.31. The predicted molar refractivity (Wildman–Crippen MR) is 425 cm³/mol. The van der Waals surface area contributed by atoms with Crippen molar-refractivity contribution in [2.75, 3.05) is 0 Å². The highest BCUT2D eigenvalue weighted by molar-refractivity contribution is 9.10. The first-order valence-corrected chi connectivity index (χ1v) is 35.7. The second kappa shape index (κ2) is 23.4. The maximum Gasteiger partial charge on any atom is 0.0736 e. The van der Waals surface area contributed by atoms with Crippen molar-refractivity contribution in [3.05, 3.63) is 425 Å². The Hall–Kier alpha value is -12.4. The highest BCUT2D eigenvalue weighted by atomic mass is 79.9. The van der Waals surface area contributed by atoms with Gasteiger partial charge in [-0.3, -0.25) is 0 Å². The summed E-state index contributed by atoms with van der Waals surface area (Å²) in [5, 5.41) is 5.06. The second-order valence-electron chi connectivity index (χ2n) is 27.0. The molecule has 472 valence electrons. The van der Waals surface area contributed by atoms with Crippen LogP contribution in [0.15, 0.2) is 381 Å². The first-order chi connectivity index (χ1) is 50.0. The van der Waals surface area contributed by atoms with Crippen LogP contribution in [0.1, 0.15) is 44.5 Å². The molecule has 0 atom stereocenters. The molecule has 0 saturated carbocycles. The van der Waals surface area contributed by atoms with Crippen LogP contribution in [0, 0.1) is 0 Å². The van der Waals surface area contributed by atoms with Gasteiger partial charge in [0.1, 0.15) is 0 Å². The van der Waals surface area contributed by atoms with Crippen LogP contribution in [0.4, 0.5) is 0 Å². The Kier molecular flexibility index (Phi) is 13.6. The topological polar surface area (TPSA) is 20.7 Å². The van der Waals surface area contributed by atoms with E-state index in [1.54, 1.807) is 0 Å². The summed E-state index contributed by atoms with van der Waals surface area (Å²) >= 11 is 3.89. The van der Waals surface area contributed by atoms with E-state index in [4.69, 9.17) is 0 Å². The van der Waals surface area contributed by atoms with E-state index in [-0.39, 0.29) is 10.8 Å². The van der Waals surface area contributed by atoms with Gasteiger partial charge in [-0.1, -0.05) is 331 Å². The van der Waals surface area contributed by atoms with Crippen LogP contribution >= 0.6 is 15.9 Å². The third-order valence-electron chi connectivity index (χ3n) is 22.0. The quantitative estimate of drug-likeness (QED) is 0.177. The van der Waals surface area contributed by atoms with E-state index in [9.17, 15) is 0 Å². The fraction of sp³-hybridized carbons (Fsp3) is 0.0204. The van der Waals surface area contributed by atoms with Crippen molar-refractivity contribution in [1.29, 1.82) is 0 Å². The first-order valence-electron chi connectivity index (χ1n) is 34.9. The van der Waals surface area contributed by atoms with Crippen LogP contribution in [0.3, 0.4) is 0 Å². The molecule has 2 spiro atoms. The molecule has 16 aromatic carbocycles. The predicted octanol–water partition coefficient (Wildman–Crippen LogP) is 25.9. The Bertz CT molecular complexity index is 6040. The monoisotopic (exact) mass is 1350 g/mol. The van der Waals surface area contributed by atoms with Crippen molar-refractivity contribution in [2.24, 2.45) is 0 Å². The highest BCUT2D eigenvalue weighted by Crippen LogP contribution is 2.66. The zero-order valence-corrected chi connectivity index (χ0v) is 56.7. The van der Waals surface area contributed by atoms with Gasteiger partial charge in [-0.2, -0.15) is 0 Å². The highest BCUT2D eigenvalue weighted by Gasteiger charge is 2.54. The summed E-state index contributed by atoms with van der Waals surface area (Å²) in [6.45, 7) is 0. The molecule has 22 rings (SSSR count). The number of hydrogen-bond acceptors (Lipinski definition) is 0. The first kappa shape index (κ1) is 58.7. The summed E-state index contributed by atoms with van der Waals surface area (Å²) in [6.07, 6.45) is 0. The lowest BCUT2D eigenvalue weighted by Crippen LogP contribution is -2.26. The molecule has 4 aliphatic rings. The fourth-order valence-electron chi connectivity index (χ4n) is 17.8. The molecule has 0 amide bonds. The largest absolute Gasteiger partial charge is 0.355 e. The number of aromatic amines is 1. The van der Waals surface area contributed by atoms with Crippen molar-refractivity contribution >= 4 is 59.5 Å². The van der Waals surface area contributed by atoms with E-state index in [1.165, 1.54) is 187 Å². The van der Waals surface area contributed by atoms with Crippen molar-refractivity contribution in [1.82, 2.24) is 9.55 Å². The van der Waals surface area contributed by atoms with E-state index in [1.807, 2.05) is 0 Å². The standard InChI is InChI=1S/C49H31N.C25H15Br.C24H17N/c1-3-14-32(15-4-1)34-26-28-45-39(30-34)40-31-35(33-16-5-2-6-17-33)27-29-46(40)50(45)47-25-13-24-44-48(47)38-20-9-12-23-43(38)49(44)41-21-10-7-18-36(41)37-19-8-11-22-42(37)49;26-23-15-7-11-19-18-10-3-6-14-22(18)25(24(19)23)20-12-4-1-8-16(20)17-9-2-5-13-21(17)25;1-3-7-17(8-4-1)19-11-13-23-21(15-19)22-16-20(12-14-24(22)25-23)18-9-5-2-6-10-18/h1-31H;1-15H;1-16,25H. The van der Waals surface area contributed by atoms with Crippen molar-refractivity contribution in [3.8, 4) is 94.7 Å². The Labute approximate surface area is 595 Å². The zero-order chi connectivity index (χ0) is 66.8. The van der Waals surface area contributed by atoms with Crippen molar-refractivity contribution in [3.63, 3.8) is 0 Å². The molecule has 4 aliphatic carbocycles. The Morgan fingerprint density at radius 3 is 0.950 bits per heavy atom. The SMILES string of the molecule is Brc1cccc2c1C1(c3ccccc3-c3ccccc31)c1ccccc1-2.c1ccc(-c2ccc3[nH]c4ccc(-c5ccccc5)cc4c3c2)cc1.c1ccc(-c2ccc3c(c2)c2cc(-c4ccccc4)ccc2n3-c2cccc3c2-c2ccccc2C32c3ccccc3-c3ccccc32)cc1. The minimum absolute atomic E-state index is 0.237. The molecule has 0 saturated heterocycles. The molecule has 2 aromatic heterocycles. The Morgan fingerprint density at radius 1 is 0.228 bits per heavy atom. The fourth-order valence-corrected chi connectivity index (χ4v) is 18.5. The molecule has 0 radical (unpaired) electrons. The number of halogens is 1. The van der Waals surface area contributed by atoms with Crippen LogP contribution in [0.25, 0.3) is 138 Å². The van der Waals surface area contributed by atoms with Gasteiger partial charge in [0.25, 0.3) is 0 Å². The van der Waals surface area contributed by atoms with E-state index in [2.05, 4.69) is 402 Å². The van der Waals surface area contributed by atoms with E-state index in [0.29, 0.717) is 0 Å². The van der Waals surface area contributed by atoms with Gasteiger partial charge in [-0.15, -0.1) is 0 Å². The molecule has 0 aliphatic heterocycles. The molecule has 0 bridgehead atoms. The number of H-pyrrole nitrogens is 1. The molecule has 0 fully saturated rings. The average molecular weight is 1350 g/mol. The summed E-state index contributed by atoms with van der Waals surface area (Å²) in [7, 11) is 0. The molecule has 2 nitrogen and oxygen atoms in total. The van der Waals surface area contributed by atoms with Crippen molar-refractivity contribution < 1.29 is 0 Å². The summed E-state index contributed by atoms with van der Waals surface area (Å²) < 4.78 is 3.70. The number of nitrogens with zero attached hydrogens (tertiary/aromatic N) is 1. The normalized spacial score (nSPS) is 13.2. The van der Waals surface area contributed by atoms with Gasteiger partial charge < -0.3 is 9.55 Å². The Morgan fingerprint density at radius 2 is 0.535 bits per heavy atom. The molecule has 18 aromatic rings. The number of rotatable bonds is 5. The molecule has 101 heavy (non-hydrogen) atoms. The maximum absolute atomic E-state index is 3.89. The lowest BCUT2D eigenvalue weighted by atomic mass is 9.70. The van der Waals surface area contributed by atoms with Crippen LogP contribution < -0.4 is 0 Å². The third kappa shape index (κ3) is 8.83. The smallest absolute Gasteiger partial charge is 0.0736 e. The molecule has 3 heteroatoms. The van der Waals surface area contributed by atoms with Gasteiger partial charge in [0.2, 0.25) is 0 Å². The number of hydrogen-bond donors (Lipinski definition) is 1. The van der Waals surface area contributed by atoms with Gasteiger partial charge in [0.05, 0.1) is 27.6 Å². The number of fused-ring (bicyclic) bond motifs is 26. The van der Waals surface area contributed by atoms with Crippen molar-refractivity contribution in [2.45, 2.75) is 10.8 Å². The van der Waals surface area contributed by atoms with Gasteiger partial charge in [-0.25, -0.2) is 0 Å². The number of aromatic nitrogens is 2. The zero-order valence-electron chi connectivity index (χ0n) is 55.1. The van der Waals surface area contributed by atoms with E-state index in [0.717, 1.165) is 0 Å². The van der Waals surface area contributed by atoms with E-state index >= 15 is 0 Å². The molecule has 1 N–H and O–H groups in total. The van der Waals surface area contributed by atoms with Gasteiger partial charge in [0.15, 0.2) is 0 Å². The number of nitrogens with one attached hydrogen (secondary N) is 1. The molecular formula is C98H63BrN2. The van der Waals surface area contributed by atoms with Gasteiger partial charge >= 0.3 is 0 Å². The van der Waals surface area contributed by atoms with Crippen LogP contribution in [0.5, 0.6) is 0 Å². The second-order valence-corrected chi connectivity index (χ2v) is 27.9. The minimum atomic E-state index is -0.380.